The van der Waals surface area contributed by atoms with E-state index in [-0.39, 0.29) is 17.0 Å². The van der Waals surface area contributed by atoms with Crippen LogP contribution in [0.1, 0.15) is 15.2 Å². The molecule has 0 saturated carbocycles. The lowest BCUT2D eigenvalue weighted by molar-refractivity contribution is -0.535. The highest BCUT2D eigenvalue weighted by atomic mass is 32.1. The van der Waals surface area contributed by atoms with Crippen LogP contribution in [0.15, 0.2) is 41.8 Å². The zero-order valence-electron chi connectivity index (χ0n) is 16.1. The van der Waals surface area contributed by atoms with E-state index in [2.05, 4.69) is 0 Å². The first-order valence-electron chi connectivity index (χ1n) is 8.44. The van der Waals surface area contributed by atoms with Crippen molar-refractivity contribution in [3.8, 4) is 0 Å². The molecule has 0 unspecified atom stereocenters. The molecule has 1 N–H and O–H groups in total. The molecule has 1 aromatic carbocycles. The number of hydrogen-bond acceptors (Lipinski definition) is 4. The molecule has 0 saturated heterocycles. The number of thiophene rings is 1. The lowest BCUT2D eigenvalue weighted by Gasteiger charge is -2.35. The summed E-state index contributed by atoms with van der Waals surface area (Å²) >= 11 is 0.882. The van der Waals surface area contributed by atoms with Crippen LogP contribution < -0.4 is 5.32 Å². The molecule has 18 heteroatoms. The van der Waals surface area contributed by atoms with Crippen molar-refractivity contribution in [2.24, 2.45) is 0 Å². The van der Waals surface area contributed by atoms with Crippen LogP contribution in [0.5, 0.6) is 0 Å². The smallest absolute Gasteiger partial charge is 0.321 e. The molecule has 0 aliphatic carbocycles. The molecule has 4 nitrogen and oxygen atoms in total. The first-order valence-corrected chi connectivity index (χ1v) is 9.32. The van der Waals surface area contributed by atoms with E-state index in [0.29, 0.717) is 6.07 Å². The summed E-state index contributed by atoms with van der Waals surface area (Å²) < 4.78 is 175. The number of carbonyl (C=O) groups excluding carboxylic acids is 1. The van der Waals surface area contributed by atoms with Crippen molar-refractivity contribution in [2.45, 2.75) is 36.5 Å². The van der Waals surface area contributed by atoms with E-state index in [1.165, 1.54) is 22.2 Å². The molecule has 0 radical (unpaired) electrons. The van der Waals surface area contributed by atoms with E-state index in [4.69, 9.17) is 0 Å². The van der Waals surface area contributed by atoms with Gasteiger partial charge in [0.25, 0.3) is 5.91 Å². The highest BCUT2D eigenvalue weighted by Crippen LogP contribution is 2.54. The summed E-state index contributed by atoms with van der Waals surface area (Å²) in [4.78, 5) is 11.9. The zero-order chi connectivity index (χ0) is 27.1. The highest BCUT2D eigenvalue weighted by molar-refractivity contribution is 7.12. The van der Waals surface area contributed by atoms with Crippen LogP contribution in [0.2, 0.25) is 0 Å². The van der Waals surface area contributed by atoms with Crippen molar-refractivity contribution in [1.82, 2.24) is 0 Å². The van der Waals surface area contributed by atoms with Gasteiger partial charge >= 0.3 is 36.5 Å². The van der Waals surface area contributed by atoms with Gasteiger partial charge in [0.05, 0.1) is 4.88 Å². The Morgan fingerprint density at radius 1 is 0.743 bits per heavy atom. The van der Waals surface area contributed by atoms with Crippen LogP contribution in [0, 0.1) is 0 Å². The maximum absolute atomic E-state index is 14.2. The van der Waals surface area contributed by atoms with E-state index in [0.717, 1.165) is 17.4 Å². The van der Waals surface area contributed by atoms with E-state index >= 15 is 0 Å². The summed E-state index contributed by atoms with van der Waals surface area (Å²) in [6.07, 6.45) is -27.9. The Morgan fingerprint density at radius 3 is 1.83 bits per heavy atom. The summed E-state index contributed by atoms with van der Waals surface area (Å²) in [5.41, 5.74) is -2.54. The third-order valence-electron chi connectivity index (χ3n) is 3.82. The van der Waals surface area contributed by atoms with Gasteiger partial charge in [-0.15, -0.1) is 24.5 Å². The van der Waals surface area contributed by atoms with Crippen LogP contribution in [-0.2, 0) is 15.4 Å². The molecule has 0 aliphatic rings. The summed E-state index contributed by atoms with van der Waals surface area (Å²) in [6.45, 7) is 0. The van der Waals surface area contributed by atoms with Gasteiger partial charge in [-0.1, -0.05) is 18.2 Å². The fourth-order valence-electron chi connectivity index (χ4n) is 2.23. The van der Waals surface area contributed by atoms with Crippen molar-refractivity contribution < 1.29 is 71.3 Å². The Bertz CT molecular complexity index is 1040. The van der Waals surface area contributed by atoms with E-state index in [9.17, 15) is 61.9 Å². The third kappa shape index (κ3) is 5.97. The van der Waals surface area contributed by atoms with Crippen LogP contribution >= 0.6 is 11.3 Å². The number of amides is 1. The minimum atomic E-state index is -7.51. The van der Waals surface area contributed by atoms with Gasteiger partial charge in [0, 0.05) is 11.3 Å². The van der Waals surface area contributed by atoms with Crippen LogP contribution in [0.25, 0.3) is 0 Å². The molecule has 1 amide bonds. The van der Waals surface area contributed by atoms with Crippen molar-refractivity contribution in [2.75, 3.05) is 5.32 Å². The fourth-order valence-corrected chi connectivity index (χ4v) is 2.85. The number of hydrogen-bond donors (Lipinski definition) is 1. The SMILES string of the molecule is O=C(Nc1cccc(C(F)(F)C(F)(F)OC(F)(F)C(F)(F)C(F)(F)OC(F)(F)F)c1)c1cccs1. The first kappa shape index (κ1) is 28.6. The normalized spacial score (nSPS) is 14.2. The minimum Gasteiger partial charge on any atom is -0.321 e. The Labute approximate surface area is 189 Å². The van der Waals surface area contributed by atoms with Gasteiger partial charge in [-0.2, -0.15) is 43.9 Å². The van der Waals surface area contributed by atoms with Crippen LogP contribution in [0.3, 0.4) is 0 Å². The number of nitrogens with one attached hydrogen (secondary N) is 1. The first-order chi connectivity index (χ1) is 15.6. The number of benzene rings is 1. The van der Waals surface area contributed by atoms with E-state index in [1.807, 2.05) is 10.1 Å². The second kappa shape index (κ2) is 9.12. The molecule has 0 spiro atoms. The average molecular weight is 553 g/mol. The minimum absolute atomic E-state index is 0.0275. The standard InChI is InChI=1S/C17H8F13NO3S/c18-12(19,8-3-1-4-9(7-8)31-11(32)10-5-2-6-35-10)14(22,23)33-15(24,25)13(20,21)16(26,27)34-17(28,29)30/h1-7H,(H,31,32). The maximum atomic E-state index is 14.2. The molecular weight excluding hydrogens is 545 g/mol. The van der Waals surface area contributed by atoms with Gasteiger partial charge in [0.15, 0.2) is 0 Å². The number of halogens is 13. The van der Waals surface area contributed by atoms with E-state index < -0.39 is 53.7 Å². The van der Waals surface area contributed by atoms with E-state index in [1.54, 1.807) is 0 Å². The second-order valence-corrected chi connectivity index (χ2v) is 7.31. The van der Waals surface area contributed by atoms with Gasteiger partial charge in [0.1, 0.15) is 0 Å². The number of alkyl halides is 13. The zero-order valence-corrected chi connectivity index (χ0v) is 16.9. The van der Waals surface area contributed by atoms with Gasteiger partial charge in [-0.25, -0.2) is 9.47 Å². The van der Waals surface area contributed by atoms with Crippen LogP contribution in [0.4, 0.5) is 62.8 Å². The Hall–Kier alpha value is -2.60. The van der Waals surface area contributed by atoms with Gasteiger partial charge in [-0.05, 0) is 23.6 Å². The molecule has 0 fully saturated rings. The number of ether oxygens (including phenoxy) is 2. The summed E-state index contributed by atoms with van der Waals surface area (Å²) in [6, 6.07) is 4.42. The average Bonchev–Trinajstić information content (AvgIpc) is 3.20. The summed E-state index contributed by atoms with van der Waals surface area (Å²) in [7, 11) is 0. The van der Waals surface area contributed by atoms with Gasteiger partial charge < -0.3 is 5.32 Å². The fraction of sp³-hybridized carbons (Fsp3) is 0.353. The predicted octanol–water partition coefficient (Wildman–Crippen LogP) is 7.06. The van der Waals surface area contributed by atoms with Gasteiger partial charge in [-0.3, -0.25) is 4.79 Å². The lowest BCUT2D eigenvalue weighted by Crippen LogP contribution is -2.61. The third-order valence-corrected chi connectivity index (χ3v) is 4.69. The highest BCUT2D eigenvalue weighted by Gasteiger charge is 2.80. The number of carbonyl (C=O) groups is 1. The Morgan fingerprint density at radius 2 is 1.31 bits per heavy atom. The number of anilines is 1. The Kier molecular flexibility index (Phi) is 7.46. The Balaban J connectivity index is 2.32. The molecule has 2 aromatic rings. The second-order valence-electron chi connectivity index (χ2n) is 6.36. The summed E-state index contributed by atoms with van der Waals surface area (Å²) in [5, 5.41) is 3.43. The van der Waals surface area contributed by atoms with Crippen molar-refractivity contribution in [3.63, 3.8) is 0 Å². The monoisotopic (exact) mass is 553 g/mol. The van der Waals surface area contributed by atoms with Crippen LogP contribution in [-0.4, -0.2) is 36.5 Å². The molecule has 1 heterocycles. The lowest BCUT2D eigenvalue weighted by atomic mass is 10.1. The number of rotatable bonds is 9. The topological polar surface area (TPSA) is 47.6 Å². The summed E-state index contributed by atoms with van der Waals surface area (Å²) in [5.74, 6) is -14.4. The van der Waals surface area contributed by atoms with Gasteiger partial charge in [0.2, 0.25) is 0 Å². The molecule has 0 aliphatic heterocycles. The maximum Gasteiger partial charge on any atom is 0.527 e. The molecule has 35 heavy (non-hydrogen) atoms. The molecule has 2 rings (SSSR count). The van der Waals surface area contributed by atoms with Crippen molar-refractivity contribution in [3.05, 3.63) is 52.2 Å². The quantitative estimate of drug-likeness (QED) is 0.339. The molecule has 196 valence electrons. The molecule has 0 bridgehead atoms. The predicted molar refractivity (Wildman–Crippen MR) is 90.6 cm³/mol. The molecule has 0 atom stereocenters. The largest absolute Gasteiger partial charge is 0.527 e. The van der Waals surface area contributed by atoms with Crippen molar-refractivity contribution in [1.29, 1.82) is 0 Å². The molecular formula is C17H8F13NO3S. The molecule has 1 aromatic heterocycles. The van der Waals surface area contributed by atoms with Crippen molar-refractivity contribution >= 4 is 22.9 Å².